The number of aromatic nitrogens is 1. The largest absolute Gasteiger partial charge is 0.489 e. The monoisotopic (exact) mass is 220 g/mol. The minimum atomic E-state index is -0.0699. The first kappa shape index (κ1) is 10.9. The van der Waals surface area contributed by atoms with Gasteiger partial charge in [0, 0.05) is 13.2 Å². The summed E-state index contributed by atoms with van der Waals surface area (Å²) in [5.41, 5.74) is 1.04. The Balaban J connectivity index is 2.41. The molecule has 0 saturated carbocycles. The Morgan fingerprint density at radius 3 is 3.06 bits per heavy atom. The Morgan fingerprint density at radius 2 is 2.38 bits per heavy atom. The minimum Gasteiger partial charge on any atom is -0.489 e. The van der Waals surface area contributed by atoms with E-state index in [9.17, 15) is 4.79 Å². The molecule has 1 aliphatic heterocycles. The third kappa shape index (κ3) is 1.75. The lowest BCUT2D eigenvalue weighted by Gasteiger charge is -2.17. The molecule has 1 aromatic heterocycles. The Bertz CT molecular complexity index is 417. The van der Waals surface area contributed by atoms with Crippen LogP contribution < -0.4 is 9.64 Å². The van der Waals surface area contributed by atoms with Crippen LogP contribution in [0.3, 0.4) is 0 Å². The molecule has 0 aromatic carbocycles. The fourth-order valence-corrected chi connectivity index (χ4v) is 1.83. The minimum absolute atomic E-state index is 0.0699. The fraction of sp³-hybridized carbons (Fsp3) is 0.500. The van der Waals surface area contributed by atoms with Crippen LogP contribution in [0, 0.1) is 12.8 Å². The SMILES string of the molecule is CCC1COc2cc(C)cnc2N(C)C1=O. The maximum absolute atomic E-state index is 12.0. The first-order chi connectivity index (χ1) is 7.63. The third-order valence-electron chi connectivity index (χ3n) is 2.90. The van der Waals surface area contributed by atoms with Crippen molar-refractivity contribution >= 4 is 11.7 Å². The molecule has 0 aliphatic carbocycles. The summed E-state index contributed by atoms with van der Waals surface area (Å²) in [7, 11) is 1.75. The van der Waals surface area contributed by atoms with Crippen molar-refractivity contribution in [3.8, 4) is 5.75 Å². The quantitative estimate of drug-likeness (QED) is 0.724. The second-order valence-electron chi connectivity index (χ2n) is 4.15. The highest BCUT2D eigenvalue weighted by Crippen LogP contribution is 2.30. The van der Waals surface area contributed by atoms with E-state index in [1.807, 2.05) is 19.9 Å². The second-order valence-corrected chi connectivity index (χ2v) is 4.15. The number of nitrogens with zero attached hydrogens (tertiary/aromatic N) is 2. The molecule has 0 radical (unpaired) electrons. The molecule has 0 saturated heterocycles. The van der Waals surface area contributed by atoms with Crippen LogP contribution >= 0.6 is 0 Å². The molecular weight excluding hydrogens is 204 g/mol. The summed E-state index contributed by atoms with van der Waals surface area (Å²) < 4.78 is 5.65. The van der Waals surface area contributed by atoms with Gasteiger partial charge in [0.05, 0.1) is 5.92 Å². The van der Waals surface area contributed by atoms with E-state index in [2.05, 4.69) is 4.98 Å². The van der Waals surface area contributed by atoms with Crippen molar-refractivity contribution in [1.29, 1.82) is 0 Å². The predicted molar refractivity (Wildman–Crippen MR) is 61.7 cm³/mol. The van der Waals surface area contributed by atoms with Gasteiger partial charge >= 0.3 is 0 Å². The molecule has 1 amide bonds. The summed E-state index contributed by atoms with van der Waals surface area (Å²) in [6.45, 7) is 4.40. The summed E-state index contributed by atoms with van der Waals surface area (Å²) in [6.07, 6.45) is 2.54. The van der Waals surface area contributed by atoms with Crippen molar-refractivity contribution in [2.75, 3.05) is 18.6 Å². The van der Waals surface area contributed by atoms with Gasteiger partial charge < -0.3 is 4.74 Å². The normalized spacial score (nSPS) is 20.1. The van der Waals surface area contributed by atoms with E-state index in [-0.39, 0.29) is 11.8 Å². The molecule has 1 atom stereocenters. The number of hydrogen-bond donors (Lipinski definition) is 0. The van der Waals surface area contributed by atoms with E-state index in [4.69, 9.17) is 4.74 Å². The van der Waals surface area contributed by atoms with E-state index in [1.54, 1.807) is 18.1 Å². The Kier molecular flexibility index (Phi) is 2.81. The molecule has 1 aromatic rings. The number of ether oxygens (including phenoxy) is 1. The number of fused-ring (bicyclic) bond motifs is 1. The summed E-state index contributed by atoms with van der Waals surface area (Å²) in [6, 6.07) is 1.92. The number of aryl methyl sites for hydroxylation is 1. The molecule has 2 rings (SSSR count). The molecule has 0 fully saturated rings. The molecule has 16 heavy (non-hydrogen) atoms. The van der Waals surface area contributed by atoms with Gasteiger partial charge in [-0.3, -0.25) is 9.69 Å². The Morgan fingerprint density at radius 1 is 1.62 bits per heavy atom. The highest BCUT2D eigenvalue weighted by Gasteiger charge is 2.28. The number of carbonyl (C=O) groups excluding carboxylic acids is 1. The lowest BCUT2D eigenvalue weighted by atomic mass is 10.1. The Hall–Kier alpha value is -1.58. The molecule has 4 heteroatoms. The maximum Gasteiger partial charge on any atom is 0.234 e. The number of hydrogen-bond acceptors (Lipinski definition) is 3. The lowest BCUT2D eigenvalue weighted by Crippen LogP contribution is -2.33. The molecule has 1 unspecified atom stereocenters. The van der Waals surface area contributed by atoms with Crippen LogP contribution in [0.25, 0.3) is 0 Å². The van der Waals surface area contributed by atoms with Crippen LogP contribution in [-0.2, 0) is 4.79 Å². The lowest BCUT2D eigenvalue weighted by molar-refractivity contribution is -0.122. The first-order valence-corrected chi connectivity index (χ1v) is 5.50. The van der Waals surface area contributed by atoms with Gasteiger partial charge in [0.2, 0.25) is 5.91 Å². The molecule has 1 aliphatic rings. The highest BCUT2D eigenvalue weighted by atomic mass is 16.5. The van der Waals surface area contributed by atoms with Crippen LogP contribution in [0.4, 0.5) is 5.82 Å². The van der Waals surface area contributed by atoms with Gasteiger partial charge in [0.25, 0.3) is 0 Å². The van der Waals surface area contributed by atoms with Crippen molar-refractivity contribution in [3.63, 3.8) is 0 Å². The van der Waals surface area contributed by atoms with E-state index >= 15 is 0 Å². The smallest absolute Gasteiger partial charge is 0.234 e. The van der Waals surface area contributed by atoms with Crippen molar-refractivity contribution in [2.45, 2.75) is 20.3 Å². The maximum atomic E-state index is 12.0. The number of anilines is 1. The zero-order valence-electron chi connectivity index (χ0n) is 9.86. The summed E-state index contributed by atoms with van der Waals surface area (Å²) in [5, 5.41) is 0. The van der Waals surface area contributed by atoms with Crippen molar-refractivity contribution in [2.24, 2.45) is 5.92 Å². The molecule has 0 N–H and O–H groups in total. The molecule has 2 heterocycles. The summed E-state index contributed by atoms with van der Waals surface area (Å²) in [4.78, 5) is 17.9. The van der Waals surface area contributed by atoms with Crippen molar-refractivity contribution in [3.05, 3.63) is 17.8 Å². The van der Waals surface area contributed by atoms with Gasteiger partial charge in [-0.2, -0.15) is 0 Å². The van der Waals surface area contributed by atoms with Gasteiger partial charge in [-0.15, -0.1) is 0 Å². The number of amides is 1. The van der Waals surface area contributed by atoms with Gasteiger partial charge in [0.1, 0.15) is 6.61 Å². The van der Waals surface area contributed by atoms with Crippen LogP contribution in [0.5, 0.6) is 5.75 Å². The van der Waals surface area contributed by atoms with Crippen molar-refractivity contribution in [1.82, 2.24) is 4.98 Å². The van der Waals surface area contributed by atoms with Gasteiger partial charge in [-0.25, -0.2) is 4.98 Å². The standard InChI is InChI=1S/C12H16N2O2/c1-4-9-7-16-10-5-8(2)6-13-11(10)14(3)12(9)15/h5-6,9H,4,7H2,1-3H3. The van der Waals surface area contributed by atoms with Gasteiger partial charge in [0.15, 0.2) is 11.6 Å². The van der Waals surface area contributed by atoms with E-state index in [0.717, 1.165) is 12.0 Å². The molecule has 0 spiro atoms. The highest BCUT2D eigenvalue weighted by molar-refractivity contribution is 5.95. The molecular formula is C12H16N2O2. The van der Waals surface area contributed by atoms with E-state index in [1.165, 1.54) is 0 Å². The average Bonchev–Trinajstić information content (AvgIpc) is 2.38. The van der Waals surface area contributed by atoms with Crippen molar-refractivity contribution < 1.29 is 9.53 Å². The van der Waals surface area contributed by atoms with E-state index in [0.29, 0.717) is 18.2 Å². The van der Waals surface area contributed by atoms with Gasteiger partial charge in [-0.05, 0) is 25.0 Å². The summed E-state index contributed by atoms with van der Waals surface area (Å²) in [5.74, 6) is 1.33. The third-order valence-corrected chi connectivity index (χ3v) is 2.90. The second kappa shape index (κ2) is 4.12. The van der Waals surface area contributed by atoms with Crippen LogP contribution in [-0.4, -0.2) is 24.5 Å². The number of pyridine rings is 1. The molecule has 0 bridgehead atoms. The Labute approximate surface area is 95.2 Å². The zero-order valence-corrected chi connectivity index (χ0v) is 9.86. The average molecular weight is 220 g/mol. The van der Waals surface area contributed by atoms with Crippen LogP contribution in [0.1, 0.15) is 18.9 Å². The van der Waals surface area contributed by atoms with Crippen LogP contribution in [0.15, 0.2) is 12.3 Å². The molecule has 86 valence electrons. The summed E-state index contributed by atoms with van der Waals surface area (Å²) >= 11 is 0. The predicted octanol–water partition coefficient (Wildman–Crippen LogP) is 1.77. The molecule has 4 nitrogen and oxygen atoms in total. The first-order valence-electron chi connectivity index (χ1n) is 5.50. The van der Waals surface area contributed by atoms with Gasteiger partial charge in [-0.1, -0.05) is 6.92 Å². The zero-order chi connectivity index (χ0) is 11.7. The topological polar surface area (TPSA) is 42.4 Å². The van der Waals surface area contributed by atoms with Crippen LogP contribution in [0.2, 0.25) is 0 Å². The number of rotatable bonds is 1. The number of carbonyl (C=O) groups is 1. The fourth-order valence-electron chi connectivity index (χ4n) is 1.83. The van der Waals surface area contributed by atoms with E-state index < -0.39 is 0 Å².